The average molecular weight is 395 g/mol. The Balaban J connectivity index is 1.74. The molecule has 0 atom stereocenters. The molecule has 0 spiro atoms. The molecule has 0 aromatic carbocycles. The summed E-state index contributed by atoms with van der Waals surface area (Å²) in [5.74, 6) is 1.05. The Hall–Kier alpha value is -2.97. The van der Waals surface area contributed by atoms with Crippen LogP contribution in [0, 0.1) is 0 Å². The van der Waals surface area contributed by atoms with Gasteiger partial charge in [-0.3, -0.25) is 14.5 Å². The van der Waals surface area contributed by atoms with Crippen LogP contribution in [0.3, 0.4) is 0 Å². The Kier molecular flexibility index (Phi) is 5.46. The highest BCUT2D eigenvalue weighted by molar-refractivity contribution is 5.93. The van der Waals surface area contributed by atoms with Crippen molar-refractivity contribution in [1.82, 2.24) is 19.8 Å². The molecule has 2 N–H and O–H groups in total. The maximum Gasteiger partial charge on any atom is 0.261 e. The number of hydrogen-bond donors (Lipinski definition) is 2. The third-order valence-corrected chi connectivity index (χ3v) is 5.09. The number of nitrogens with zero attached hydrogens (tertiary/aromatic N) is 3. The Bertz CT molecular complexity index is 1090. The summed E-state index contributed by atoms with van der Waals surface area (Å²) in [6.07, 6.45) is 4.49. The smallest absolute Gasteiger partial charge is 0.261 e. The zero-order valence-electron chi connectivity index (χ0n) is 16.7. The number of furan rings is 1. The Morgan fingerprint density at radius 3 is 3.00 bits per heavy atom. The number of amides is 1. The van der Waals surface area contributed by atoms with Crippen LogP contribution in [0.5, 0.6) is 0 Å². The van der Waals surface area contributed by atoms with E-state index in [0.717, 1.165) is 49.5 Å². The number of aryl methyl sites for hydroxylation is 1. The highest BCUT2D eigenvalue weighted by Crippen LogP contribution is 2.30. The van der Waals surface area contributed by atoms with Gasteiger partial charge in [-0.05, 0) is 43.3 Å². The number of carbonyl (C=O) groups is 1. The predicted molar refractivity (Wildman–Crippen MR) is 112 cm³/mol. The average Bonchev–Trinajstić information content (AvgIpc) is 2.93. The summed E-state index contributed by atoms with van der Waals surface area (Å²) in [7, 11) is 1.73. The van der Waals surface area contributed by atoms with E-state index >= 15 is 0 Å². The molecule has 3 aromatic heterocycles. The first-order valence-electron chi connectivity index (χ1n) is 9.80. The molecular weight excluding hydrogens is 370 g/mol. The Morgan fingerprint density at radius 1 is 1.31 bits per heavy atom. The van der Waals surface area contributed by atoms with E-state index in [1.165, 1.54) is 6.92 Å². The van der Waals surface area contributed by atoms with E-state index in [9.17, 15) is 9.59 Å². The molecule has 1 amide bonds. The van der Waals surface area contributed by atoms with Gasteiger partial charge in [0.25, 0.3) is 5.56 Å². The van der Waals surface area contributed by atoms with Gasteiger partial charge in [-0.15, -0.1) is 0 Å². The third kappa shape index (κ3) is 4.23. The van der Waals surface area contributed by atoms with Crippen LogP contribution in [-0.4, -0.2) is 46.5 Å². The minimum Gasteiger partial charge on any atom is -0.459 e. The van der Waals surface area contributed by atoms with Crippen molar-refractivity contribution in [3.8, 4) is 11.1 Å². The SMILES string of the molecule is CC(=O)Nc1cc(-c2cn(C)c(=O)c3cc(CN4CCCNCC4)oc23)ccn1. The predicted octanol–water partition coefficient (Wildman–Crippen LogP) is 1.95. The molecule has 0 saturated carbocycles. The first-order chi connectivity index (χ1) is 14.0. The molecule has 1 aliphatic heterocycles. The Labute approximate surface area is 168 Å². The molecular formula is C21H25N5O3. The van der Waals surface area contributed by atoms with Crippen molar-refractivity contribution < 1.29 is 9.21 Å². The van der Waals surface area contributed by atoms with Crippen LogP contribution in [0.4, 0.5) is 5.82 Å². The van der Waals surface area contributed by atoms with Crippen molar-refractivity contribution in [3.05, 3.63) is 46.7 Å². The van der Waals surface area contributed by atoms with Gasteiger partial charge in [-0.25, -0.2) is 4.98 Å². The van der Waals surface area contributed by atoms with Crippen LogP contribution in [0.25, 0.3) is 22.1 Å². The number of aromatic nitrogens is 2. The maximum atomic E-state index is 12.7. The van der Waals surface area contributed by atoms with E-state index in [4.69, 9.17) is 4.42 Å². The maximum absolute atomic E-state index is 12.7. The Morgan fingerprint density at radius 2 is 2.17 bits per heavy atom. The van der Waals surface area contributed by atoms with Crippen LogP contribution in [0.1, 0.15) is 19.1 Å². The van der Waals surface area contributed by atoms with Gasteiger partial charge in [-0.1, -0.05) is 0 Å². The first-order valence-corrected chi connectivity index (χ1v) is 9.80. The molecule has 1 fully saturated rings. The largest absolute Gasteiger partial charge is 0.459 e. The van der Waals surface area contributed by atoms with E-state index in [2.05, 4.69) is 20.5 Å². The summed E-state index contributed by atoms with van der Waals surface area (Å²) in [5.41, 5.74) is 2.09. The number of nitrogens with one attached hydrogen (secondary N) is 2. The van der Waals surface area contributed by atoms with Gasteiger partial charge in [0.05, 0.1) is 11.9 Å². The molecule has 0 bridgehead atoms. The van der Waals surface area contributed by atoms with Crippen LogP contribution in [0.15, 0.2) is 39.8 Å². The number of carbonyl (C=O) groups excluding carboxylic acids is 1. The number of rotatable bonds is 4. The lowest BCUT2D eigenvalue weighted by atomic mass is 10.1. The molecule has 3 aromatic rings. The summed E-state index contributed by atoms with van der Waals surface area (Å²) in [4.78, 5) is 30.6. The van der Waals surface area contributed by atoms with Gasteiger partial charge < -0.3 is 19.6 Å². The van der Waals surface area contributed by atoms with E-state index in [1.54, 1.807) is 30.1 Å². The second kappa shape index (κ2) is 8.18. The highest BCUT2D eigenvalue weighted by atomic mass is 16.3. The second-order valence-electron chi connectivity index (χ2n) is 7.40. The first kappa shape index (κ1) is 19.4. The molecule has 1 saturated heterocycles. The molecule has 0 aliphatic carbocycles. The number of fused-ring (bicyclic) bond motifs is 1. The minimum atomic E-state index is -0.188. The van der Waals surface area contributed by atoms with Crippen molar-refractivity contribution >= 4 is 22.7 Å². The van der Waals surface area contributed by atoms with Crippen molar-refractivity contribution in [3.63, 3.8) is 0 Å². The summed E-state index contributed by atoms with van der Waals surface area (Å²) in [5, 5.41) is 6.65. The monoisotopic (exact) mass is 395 g/mol. The second-order valence-corrected chi connectivity index (χ2v) is 7.40. The quantitative estimate of drug-likeness (QED) is 0.702. The lowest BCUT2D eigenvalue weighted by Gasteiger charge is -2.17. The normalized spacial score (nSPS) is 15.4. The van der Waals surface area contributed by atoms with E-state index in [0.29, 0.717) is 23.3 Å². The van der Waals surface area contributed by atoms with Crippen molar-refractivity contribution in [2.75, 3.05) is 31.5 Å². The van der Waals surface area contributed by atoms with Gasteiger partial charge in [0, 0.05) is 45.0 Å². The molecule has 8 heteroatoms. The zero-order chi connectivity index (χ0) is 20.4. The van der Waals surface area contributed by atoms with Crippen LogP contribution in [0.2, 0.25) is 0 Å². The van der Waals surface area contributed by atoms with E-state index < -0.39 is 0 Å². The molecule has 29 heavy (non-hydrogen) atoms. The van der Waals surface area contributed by atoms with Crippen LogP contribution >= 0.6 is 0 Å². The highest BCUT2D eigenvalue weighted by Gasteiger charge is 2.18. The topological polar surface area (TPSA) is 92.4 Å². The fourth-order valence-corrected chi connectivity index (χ4v) is 3.71. The summed E-state index contributed by atoms with van der Waals surface area (Å²) < 4.78 is 7.73. The number of hydrogen-bond acceptors (Lipinski definition) is 6. The minimum absolute atomic E-state index is 0.0903. The van der Waals surface area contributed by atoms with Gasteiger partial charge in [0.1, 0.15) is 17.2 Å². The van der Waals surface area contributed by atoms with Gasteiger partial charge in [0.15, 0.2) is 0 Å². The van der Waals surface area contributed by atoms with Crippen molar-refractivity contribution in [2.24, 2.45) is 7.05 Å². The molecule has 1 aliphatic rings. The fourth-order valence-electron chi connectivity index (χ4n) is 3.71. The summed E-state index contributed by atoms with van der Waals surface area (Å²) >= 11 is 0. The lowest BCUT2D eigenvalue weighted by molar-refractivity contribution is -0.114. The molecule has 0 unspecified atom stereocenters. The van der Waals surface area contributed by atoms with Crippen molar-refractivity contribution in [2.45, 2.75) is 19.9 Å². The number of pyridine rings is 2. The summed E-state index contributed by atoms with van der Waals surface area (Å²) in [6, 6.07) is 5.48. The zero-order valence-corrected chi connectivity index (χ0v) is 16.7. The van der Waals surface area contributed by atoms with E-state index in [-0.39, 0.29) is 11.5 Å². The van der Waals surface area contributed by atoms with Crippen molar-refractivity contribution in [1.29, 1.82) is 0 Å². The lowest BCUT2D eigenvalue weighted by Crippen LogP contribution is -2.27. The standard InChI is InChI=1S/C21H25N5O3/c1-14(27)24-19-10-15(4-6-23-19)18-13-25(2)21(28)17-11-16(29-20(17)18)12-26-8-3-5-22-7-9-26/h4,6,10-11,13,22H,3,5,7-9,12H2,1-2H3,(H,23,24,27). The van der Waals surface area contributed by atoms with Gasteiger partial charge in [-0.2, -0.15) is 0 Å². The molecule has 0 radical (unpaired) electrons. The number of anilines is 1. The third-order valence-electron chi connectivity index (χ3n) is 5.09. The fraction of sp³-hybridized carbons (Fsp3) is 0.381. The van der Waals surface area contributed by atoms with Crippen LogP contribution in [-0.2, 0) is 18.4 Å². The van der Waals surface area contributed by atoms with Gasteiger partial charge >= 0.3 is 0 Å². The van der Waals surface area contributed by atoms with Gasteiger partial charge in [0.2, 0.25) is 5.91 Å². The molecule has 4 heterocycles. The molecule has 4 rings (SSSR count). The van der Waals surface area contributed by atoms with E-state index in [1.807, 2.05) is 12.1 Å². The molecule has 8 nitrogen and oxygen atoms in total. The van der Waals surface area contributed by atoms with Crippen LogP contribution < -0.4 is 16.2 Å². The summed E-state index contributed by atoms with van der Waals surface area (Å²) in [6.45, 7) is 6.05. The molecule has 152 valence electrons.